The summed E-state index contributed by atoms with van der Waals surface area (Å²) < 4.78 is 0. The average molecular weight is 575 g/mol. The Morgan fingerprint density at radius 3 is 1.90 bits per heavy atom. The molecule has 2 N–H and O–H groups in total. The number of hydrogen-bond donors (Lipinski definition) is 2. The highest BCUT2D eigenvalue weighted by atomic mass is 35.5. The molecule has 0 saturated carbocycles. The predicted molar refractivity (Wildman–Crippen MR) is 184 cm³/mol. The van der Waals surface area contributed by atoms with Gasteiger partial charge in [-0.1, -0.05) is 115 Å². The molecule has 0 aromatic heterocycles. The smallest absolute Gasteiger partial charge is 0.0354 e. The Hall–Kier alpha value is -1.97. The van der Waals surface area contributed by atoms with E-state index in [1.807, 2.05) is 25.6 Å². The first-order chi connectivity index (χ1) is 18.8. The van der Waals surface area contributed by atoms with Crippen LogP contribution < -0.4 is 5.32 Å². The molecule has 4 heteroatoms. The van der Waals surface area contributed by atoms with Crippen molar-refractivity contribution in [3.8, 4) is 0 Å². The van der Waals surface area contributed by atoms with E-state index >= 15 is 0 Å². The van der Waals surface area contributed by atoms with Gasteiger partial charge in [0.25, 0.3) is 0 Å². The van der Waals surface area contributed by atoms with Crippen LogP contribution in [-0.4, -0.2) is 24.9 Å². The topological polar surface area (TPSA) is 35.9 Å². The summed E-state index contributed by atoms with van der Waals surface area (Å²) in [4.78, 5) is 1.31. The van der Waals surface area contributed by atoms with E-state index in [9.17, 15) is 0 Å². The van der Waals surface area contributed by atoms with Gasteiger partial charge in [-0.25, -0.2) is 0 Å². The molecule has 0 saturated heterocycles. The molecule has 2 aromatic rings. The molecule has 0 aliphatic heterocycles. The number of unbranched alkanes of at least 4 members (excludes halogenated alkanes) is 1. The van der Waals surface area contributed by atoms with E-state index < -0.39 is 0 Å². The van der Waals surface area contributed by atoms with Crippen molar-refractivity contribution < 1.29 is 0 Å². The van der Waals surface area contributed by atoms with Gasteiger partial charge in [-0.2, -0.15) is 0 Å². The van der Waals surface area contributed by atoms with Crippen LogP contribution in [0.4, 0.5) is 0 Å². The van der Waals surface area contributed by atoms with Gasteiger partial charge in [-0.3, -0.25) is 0 Å². The third-order valence-corrected chi connectivity index (χ3v) is 6.78. The number of alkyl halides is 1. The molecule has 0 radical (unpaired) electrons. The minimum atomic E-state index is 0.691. The van der Waals surface area contributed by atoms with Crippen LogP contribution in [0.3, 0.4) is 0 Å². The maximum absolute atomic E-state index is 5.77. The van der Waals surface area contributed by atoms with Gasteiger partial charge in [0, 0.05) is 28.8 Å². The summed E-state index contributed by atoms with van der Waals surface area (Å²) in [6, 6.07) is 15.4. The lowest BCUT2D eigenvalue weighted by Crippen LogP contribution is -2.16. The molecular weight excluding hydrogens is 516 g/mol. The van der Waals surface area contributed by atoms with E-state index in [4.69, 9.17) is 17.0 Å². The lowest BCUT2D eigenvalue weighted by Gasteiger charge is -2.12. The molecule has 0 heterocycles. The minimum Gasteiger partial charge on any atom is -0.385 e. The Labute approximate surface area is 252 Å². The summed E-state index contributed by atoms with van der Waals surface area (Å²) in [6.07, 6.45) is 7.99. The van der Waals surface area contributed by atoms with Crippen molar-refractivity contribution in [1.29, 1.82) is 5.41 Å². The van der Waals surface area contributed by atoms with Crippen LogP contribution in [0.25, 0.3) is 0 Å². The fourth-order valence-corrected chi connectivity index (χ4v) is 4.16. The number of hydrogen-bond acceptors (Lipinski definition) is 3. The molecule has 0 fully saturated rings. The molecule has 2 aromatic carbocycles. The first kappa shape index (κ1) is 41.5. The van der Waals surface area contributed by atoms with Gasteiger partial charge in [0.2, 0.25) is 0 Å². The average Bonchev–Trinajstić information content (AvgIpc) is 2.97. The van der Waals surface area contributed by atoms with Crippen molar-refractivity contribution in [2.24, 2.45) is 0 Å². The molecule has 2 rings (SSSR count). The molecular formula is C35H59ClN2S. The summed E-state index contributed by atoms with van der Waals surface area (Å²) in [5.74, 6) is 1.65. The largest absolute Gasteiger partial charge is 0.385 e. The second-order valence-corrected chi connectivity index (χ2v) is 10.5. The fourth-order valence-electron chi connectivity index (χ4n) is 3.11. The molecule has 0 aliphatic carbocycles. The van der Waals surface area contributed by atoms with Crippen LogP contribution in [0.1, 0.15) is 95.9 Å². The fraction of sp³-hybridized carbons (Fsp3) is 0.514. The summed E-state index contributed by atoms with van der Waals surface area (Å²) >= 11 is 7.59. The summed E-state index contributed by atoms with van der Waals surface area (Å²) in [6.45, 7) is 28.5. The van der Waals surface area contributed by atoms with Gasteiger partial charge >= 0.3 is 0 Å². The minimum absolute atomic E-state index is 0.691. The van der Waals surface area contributed by atoms with Gasteiger partial charge in [-0.05, 0) is 75.1 Å². The van der Waals surface area contributed by atoms with E-state index in [1.54, 1.807) is 0 Å². The standard InChI is InChI=1S/C19H28ClNS.C9H12.C4H10.C2H6.CH3N/c1-5-6-15(2)14-21-17(4)7-8-18-11-16(3)12-19(13-18)22-10-9-20;1-3-9-6-4-8(2)5-7-9;1-3-4-2;2*1-2/h11-13,21H,2,4-10,14H2,1,3H3;4-7H,3H2,1-2H3;3-4H2,1-2H3;1-2H3;2H,1H2. The lowest BCUT2D eigenvalue weighted by molar-refractivity contribution is 0.757. The number of halogens is 1. The van der Waals surface area contributed by atoms with Crippen LogP contribution in [-0.2, 0) is 12.8 Å². The second-order valence-electron chi connectivity index (χ2n) is 8.99. The van der Waals surface area contributed by atoms with E-state index in [1.165, 1.54) is 45.6 Å². The van der Waals surface area contributed by atoms with E-state index in [2.05, 4.69) is 109 Å². The SMILES string of the molecule is C=C(CCC)CNC(=C)CCc1cc(C)cc(SCCCl)c1.C=N.CC.CCCC.CCc1ccc(C)cc1. The van der Waals surface area contributed by atoms with Crippen molar-refractivity contribution in [3.05, 3.63) is 89.1 Å². The van der Waals surface area contributed by atoms with Crippen LogP contribution in [0.5, 0.6) is 0 Å². The number of rotatable bonds is 13. The molecule has 222 valence electrons. The number of aryl methyl sites for hydroxylation is 4. The van der Waals surface area contributed by atoms with E-state index in [0.717, 1.165) is 50.1 Å². The number of allylic oxidation sites excluding steroid dienone is 1. The summed E-state index contributed by atoms with van der Waals surface area (Å²) in [5.41, 5.74) is 7.78. The van der Waals surface area contributed by atoms with Gasteiger partial charge in [0.05, 0.1) is 0 Å². The van der Waals surface area contributed by atoms with Crippen molar-refractivity contribution in [2.75, 3.05) is 18.2 Å². The maximum atomic E-state index is 5.77. The quantitative estimate of drug-likeness (QED) is 0.108. The zero-order valence-corrected chi connectivity index (χ0v) is 28.1. The molecule has 0 amide bonds. The first-order valence-corrected chi connectivity index (χ1v) is 16.1. The molecule has 0 atom stereocenters. The predicted octanol–water partition coefficient (Wildman–Crippen LogP) is 11.4. The Kier molecular flexibility index (Phi) is 32.5. The van der Waals surface area contributed by atoms with Crippen molar-refractivity contribution in [1.82, 2.24) is 5.32 Å². The highest BCUT2D eigenvalue weighted by molar-refractivity contribution is 7.99. The lowest BCUT2D eigenvalue weighted by atomic mass is 10.1. The molecule has 0 aliphatic rings. The molecule has 0 bridgehead atoms. The van der Waals surface area contributed by atoms with E-state index in [-0.39, 0.29) is 0 Å². The maximum Gasteiger partial charge on any atom is 0.0354 e. The van der Waals surface area contributed by atoms with Gasteiger partial charge in [0.15, 0.2) is 0 Å². The third kappa shape index (κ3) is 26.0. The Morgan fingerprint density at radius 1 is 0.821 bits per heavy atom. The van der Waals surface area contributed by atoms with Crippen molar-refractivity contribution >= 4 is 30.1 Å². The van der Waals surface area contributed by atoms with Crippen LogP contribution in [0, 0.1) is 19.3 Å². The van der Waals surface area contributed by atoms with E-state index in [0.29, 0.717) is 5.88 Å². The van der Waals surface area contributed by atoms with Gasteiger partial charge in [-0.15, -0.1) is 23.4 Å². The Bertz CT molecular complexity index is 844. The zero-order valence-electron chi connectivity index (χ0n) is 26.5. The summed E-state index contributed by atoms with van der Waals surface area (Å²) in [5, 5.41) is 8.88. The normalized spacial score (nSPS) is 9.15. The van der Waals surface area contributed by atoms with Gasteiger partial charge < -0.3 is 10.7 Å². The van der Waals surface area contributed by atoms with Crippen LogP contribution >= 0.6 is 23.4 Å². The third-order valence-electron chi connectivity index (χ3n) is 5.39. The highest BCUT2D eigenvalue weighted by Gasteiger charge is 2.02. The summed E-state index contributed by atoms with van der Waals surface area (Å²) in [7, 11) is 0. The Morgan fingerprint density at radius 2 is 1.41 bits per heavy atom. The monoisotopic (exact) mass is 574 g/mol. The highest BCUT2D eigenvalue weighted by Crippen LogP contribution is 2.22. The number of nitrogens with one attached hydrogen (secondary N) is 2. The number of thioether (sulfide) groups is 1. The first-order valence-electron chi connectivity index (χ1n) is 14.6. The molecule has 39 heavy (non-hydrogen) atoms. The van der Waals surface area contributed by atoms with Crippen molar-refractivity contribution in [3.63, 3.8) is 0 Å². The molecule has 0 spiro atoms. The molecule has 0 unspecified atom stereocenters. The Balaban J connectivity index is -0.000000624. The van der Waals surface area contributed by atoms with Crippen LogP contribution in [0.15, 0.2) is 71.8 Å². The number of benzene rings is 2. The van der Waals surface area contributed by atoms with Crippen LogP contribution in [0.2, 0.25) is 0 Å². The zero-order chi connectivity index (χ0) is 30.5. The van der Waals surface area contributed by atoms with Gasteiger partial charge in [0.1, 0.15) is 0 Å². The second kappa shape index (κ2) is 30.6. The molecule has 2 nitrogen and oxygen atoms in total. The van der Waals surface area contributed by atoms with Crippen molar-refractivity contribution in [2.45, 2.75) is 105 Å².